The summed E-state index contributed by atoms with van der Waals surface area (Å²) in [6.45, 7) is 8.21. The second-order valence-corrected chi connectivity index (χ2v) is 6.86. The fourth-order valence-electron chi connectivity index (χ4n) is 2.65. The standard InChI is InChI=1S/C15H28N4O/c1-15(2,3)13-17-18-14(20-13)16-10-7-11-19(4)12-8-5-6-9-12/h12H,5-11H2,1-4H3,(H,16,18). The van der Waals surface area contributed by atoms with Gasteiger partial charge in [-0.3, -0.25) is 0 Å². The maximum Gasteiger partial charge on any atom is 0.315 e. The Bertz CT molecular complexity index is 404. The van der Waals surface area contributed by atoms with Gasteiger partial charge >= 0.3 is 6.01 Å². The largest absolute Gasteiger partial charge is 0.408 e. The van der Waals surface area contributed by atoms with E-state index in [4.69, 9.17) is 4.42 Å². The van der Waals surface area contributed by atoms with E-state index in [1.807, 2.05) is 0 Å². The Morgan fingerprint density at radius 3 is 2.55 bits per heavy atom. The summed E-state index contributed by atoms with van der Waals surface area (Å²) in [6.07, 6.45) is 6.61. The molecule has 1 aliphatic rings. The molecule has 2 rings (SSSR count). The molecule has 1 fully saturated rings. The molecule has 1 saturated carbocycles. The molecule has 0 spiro atoms. The molecule has 1 aromatic rings. The van der Waals surface area contributed by atoms with Crippen LogP contribution >= 0.6 is 0 Å². The van der Waals surface area contributed by atoms with Crippen LogP contribution in [-0.2, 0) is 5.41 Å². The quantitative estimate of drug-likeness (QED) is 0.812. The molecule has 20 heavy (non-hydrogen) atoms. The Morgan fingerprint density at radius 1 is 1.25 bits per heavy atom. The second kappa shape index (κ2) is 6.57. The molecule has 1 heterocycles. The molecule has 0 amide bonds. The van der Waals surface area contributed by atoms with Crippen LogP contribution < -0.4 is 5.32 Å². The van der Waals surface area contributed by atoms with E-state index in [0.29, 0.717) is 11.9 Å². The van der Waals surface area contributed by atoms with E-state index >= 15 is 0 Å². The fraction of sp³-hybridized carbons (Fsp3) is 0.867. The van der Waals surface area contributed by atoms with Gasteiger partial charge < -0.3 is 14.6 Å². The SMILES string of the molecule is CN(CCCNc1nnc(C(C)(C)C)o1)C1CCCC1. The molecular weight excluding hydrogens is 252 g/mol. The molecule has 5 nitrogen and oxygen atoms in total. The molecule has 0 bridgehead atoms. The van der Waals surface area contributed by atoms with Crippen LogP contribution in [0, 0.1) is 0 Å². The van der Waals surface area contributed by atoms with Crippen molar-refractivity contribution >= 4 is 6.01 Å². The average molecular weight is 280 g/mol. The number of hydrogen-bond donors (Lipinski definition) is 1. The minimum absolute atomic E-state index is 0.0877. The molecule has 0 unspecified atom stereocenters. The lowest BCUT2D eigenvalue weighted by Crippen LogP contribution is -2.30. The highest BCUT2D eigenvalue weighted by molar-refractivity contribution is 5.17. The number of nitrogens with zero attached hydrogens (tertiary/aromatic N) is 3. The van der Waals surface area contributed by atoms with Gasteiger partial charge in [0.15, 0.2) is 0 Å². The van der Waals surface area contributed by atoms with Gasteiger partial charge in [0.05, 0.1) is 0 Å². The van der Waals surface area contributed by atoms with E-state index in [1.165, 1.54) is 25.7 Å². The highest BCUT2D eigenvalue weighted by Gasteiger charge is 2.21. The summed E-state index contributed by atoms with van der Waals surface area (Å²) in [4.78, 5) is 2.49. The van der Waals surface area contributed by atoms with Crippen LogP contribution in [0.3, 0.4) is 0 Å². The summed E-state index contributed by atoms with van der Waals surface area (Å²) in [5.41, 5.74) is -0.0877. The van der Waals surface area contributed by atoms with Gasteiger partial charge in [-0.1, -0.05) is 38.7 Å². The predicted molar refractivity (Wildman–Crippen MR) is 81.0 cm³/mol. The van der Waals surface area contributed by atoms with Crippen LogP contribution in [-0.4, -0.2) is 41.3 Å². The van der Waals surface area contributed by atoms with E-state index in [9.17, 15) is 0 Å². The first-order chi connectivity index (χ1) is 9.47. The van der Waals surface area contributed by atoms with Crippen molar-refractivity contribution in [3.63, 3.8) is 0 Å². The van der Waals surface area contributed by atoms with E-state index in [0.717, 1.165) is 25.6 Å². The lowest BCUT2D eigenvalue weighted by Gasteiger charge is -2.23. The highest BCUT2D eigenvalue weighted by Crippen LogP contribution is 2.23. The molecular formula is C15H28N4O. The van der Waals surface area contributed by atoms with Crippen molar-refractivity contribution in [3.8, 4) is 0 Å². The van der Waals surface area contributed by atoms with Crippen LogP contribution in [0.2, 0.25) is 0 Å². The molecule has 0 aromatic carbocycles. The van der Waals surface area contributed by atoms with Crippen LogP contribution in [0.1, 0.15) is 58.8 Å². The fourth-order valence-corrected chi connectivity index (χ4v) is 2.65. The summed E-state index contributed by atoms with van der Waals surface area (Å²) in [6, 6.07) is 1.34. The van der Waals surface area contributed by atoms with Crippen molar-refractivity contribution < 1.29 is 4.42 Å². The number of nitrogens with one attached hydrogen (secondary N) is 1. The van der Waals surface area contributed by atoms with E-state index in [2.05, 4.69) is 48.2 Å². The first-order valence-corrected chi connectivity index (χ1v) is 7.75. The Labute approximate surface area is 122 Å². The predicted octanol–water partition coefficient (Wildman–Crippen LogP) is 3.04. The third-order valence-corrected chi connectivity index (χ3v) is 3.98. The molecule has 0 aliphatic heterocycles. The molecule has 1 aliphatic carbocycles. The topological polar surface area (TPSA) is 54.2 Å². The van der Waals surface area contributed by atoms with Crippen molar-refractivity contribution in [3.05, 3.63) is 5.89 Å². The van der Waals surface area contributed by atoms with Crippen LogP contribution in [0.25, 0.3) is 0 Å². The number of rotatable bonds is 6. The van der Waals surface area contributed by atoms with Gasteiger partial charge in [-0.15, -0.1) is 5.10 Å². The van der Waals surface area contributed by atoms with Gasteiger partial charge in [0.1, 0.15) is 0 Å². The molecule has 0 atom stereocenters. The minimum Gasteiger partial charge on any atom is -0.408 e. The number of hydrogen-bond acceptors (Lipinski definition) is 5. The first-order valence-electron chi connectivity index (χ1n) is 7.75. The Kier molecular flexibility index (Phi) is 5.02. The van der Waals surface area contributed by atoms with Crippen LogP contribution in [0.15, 0.2) is 4.42 Å². The van der Waals surface area contributed by atoms with Crippen LogP contribution in [0.5, 0.6) is 0 Å². The third kappa shape index (κ3) is 4.20. The molecule has 1 aromatic heterocycles. The summed E-state index contributed by atoms with van der Waals surface area (Å²) in [5.74, 6) is 0.683. The summed E-state index contributed by atoms with van der Waals surface area (Å²) < 4.78 is 5.61. The summed E-state index contributed by atoms with van der Waals surface area (Å²) >= 11 is 0. The smallest absolute Gasteiger partial charge is 0.315 e. The summed E-state index contributed by atoms with van der Waals surface area (Å²) in [5, 5.41) is 11.3. The Morgan fingerprint density at radius 2 is 1.95 bits per heavy atom. The Balaban J connectivity index is 1.67. The van der Waals surface area contributed by atoms with Crippen LogP contribution in [0.4, 0.5) is 6.01 Å². The van der Waals surface area contributed by atoms with Gasteiger partial charge in [0, 0.05) is 18.0 Å². The van der Waals surface area contributed by atoms with E-state index in [1.54, 1.807) is 0 Å². The zero-order chi connectivity index (χ0) is 14.6. The maximum absolute atomic E-state index is 5.61. The zero-order valence-electron chi connectivity index (χ0n) is 13.3. The lowest BCUT2D eigenvalue weighted by molar-refractivity contribution is 0.245. The van der Waals surface area contributed by atoms with E-state index < -0.39 is 0 Å². The molecule has 1 N–H and O–H groups in total. The highest BCUT2D eigenvalue weighted by atomic mass is 16.4. The van der Waals surface area contributed by atoms with Crippen molar-refractivity contribution in [1.82, 2.24) is 15.1 Å². The zero-order valence-corrected chi connectivity index (χ0v) is 13.3. The lowest BCUT2D eigenvalue weighted by atomic mass is 9.97. The second-order valence-electron chi connectivity index (χ2n) is 6.86. The molecule has 5 heteroatoms. The molecule has 0 saturated heterocycles. The molecule has 0 radical (unpaired) electrons. The Hall–Kier alpha value is -1.10. The van der Waals surface area contributed by atoms with E-state index in [-0.39, 0.29) is 5.41 Å². The van der Waals surface area contributed by atoms with Crippen molar-refractivity contribution in [2.75, 3.05) is 25.5 Å². The average Bonchev–Trinajstić information content (AvgIpc) is 3.04. The minimum atomic E-state index is -0.0877. The third-order valence-electron chi connectivity index (χ3n) is 3.98. The van der Waals surface area contributed by atoms with Crippen molar-refractivity contribution in [2.24, 2.45) is 0 Å². The van der Waals surface area contributed by atoms with Gasteiger partial charge in [-0.25, -0.2) is 0 Å². The van der Waals surface area contributed by atoms with Crippen molar-refractivity contribution in [2.45, 2.75) is 64.3 Å². The van der Waals surface area contributed by atoms with Gasteiger partial charge in [-0.2, -0.15) is 0 Å². The number of aromatic nitrogens is 2. The monoisotopic (exact) mass is 280 g/mol. The van der Waals surface area contributed by atoms with Gasteiger partial charge in [-0.05, 0) is 32.9 Å². The summed E-state index contributed by atoms with van der Waals surface area (Å²) in [7, 11) is 2.24. The first kappa shape index (κ1) is 15.3. The van der Waals surface area contributed by atoms with Gasteiger partial charge in [0.2, 0.25) is 5.89 Å². The van der Waals surface area contributed by atoms with Gasteiger partial charge in [0.25, 0.3) is 0 Å². The molecule has 114 valence electrons. The number of anilines is 1. The maximum atomic E-state index is 5.61. The van der Waals surface area contributed by atoms with Crippen molar-refractivity contribution in [1.29, 1.82) is 0 Å². The normalized spacial score (nSPS) is 17.1.